The van der Waals surface area contributed by atoms with Gasteiger partial charge in [0.1, 0.15) is 5.82 Å². The fourth-order valence-corrected chi connectivity index (χ4v) is 3.76. The van der Waals surface area contributed by atoms with Crippen molar-refractivity contribution in [2.75, 3.05) is 23.7 Å². The molecule has 1 aliphatic rings. The first-order valence-corrected chi connectivity index (χ1v) is 10.1. The van der Waals surface area contributed by atoms with E-state index in [2.05, 4.69) is 22.9 Å². The second-order valence-corrected chi connectivity index (χ2v) is 7.72. The first-order valence-electron chi connectivity index (χ1n) is 10.1. The van der Waals surface area contributed by atoms with Gasteiger partial charge in [-0.3, -0.25) is 9.59 Å². The summed E-state index contributed by atoms with van der Waals surface area (Å²) in [6.07, 6.45) is 2.76. The summed E-state index contributed by atoms with van der Waals surface area (Å²) in [7, 11) is 0. The zero-order valence-electron chi connectivity index (χ0n) is 17.1. The second-order valence-electron chi connectivity index (χ2n) is 7.72. The van der Waals surface area contributed by atoms with Gasteiger partial charge in [-0.2, -0.15) is 0 Å². The minimum absolute atomic E-state index is 0. The molecule has 2 aromatic rings. The molecule has 0 aliphatic carbocycles. The van der Waals surface area contributed by atoms with Gasteiger partial charge in [-0.15, -0.1) is 12.4 Å². The Labute approximate surface area is 183 Å². The van der Waals surface area contributed by atoms with E-state index in [1.165, 1.54) is 18.2 Å². The van der Waals surface area contributed by atoms with Gasteiger partial charge in [-0.05, 0) is 61.5 Å². The first-order chi connectivity index (χ1) is 14.0. The molecule has 0 spiro atoms. The van der Waals surface area contributed by atoms with Crippen LogP contribution in [0.2, 0.25) is 0 Å². The minimum Gasteiger partial charge on any atom is -0.326 e. The summed E-state index contributed by atoms with van der Waals surface area (Å²) >= 11 is 0. The third-order valence-electron chi connectivity index (χ3n) is 5.43. The summed E-state index contributed by atoms with van der Waals surface area (Å²) in [6, 6.07) is 13.5. The minimum atomic E-state index is -0.535. The van der Waals surface area contributed by atoms with E-state index in [0.29, 0.717) is 23.9 Å². The van der Waals surface area contributed by atoms with E-state index in [1.807, 2.05) is 30.3 Å². The summed E-state index contributed by atoms with van der Waals surface area (Å²) < 4.78 is 14.1. The topological polar surface area (TPSA) is 70.2 Å². The van der Waals surface area contributed by atoms with E-state index < -0.39 is 5.82 Å². The zero-order chi connectivity index (χ0) is 20.6. The van der Waals surface area contributed by atoms with Crippen molar-refractivity contribution in [3.63, 3.8) is 0 Å². The molecule has 1 heterocycles. The van der Waals surface area contributed by atoms with Gasteiger partial charge < -0.3 is 16.0 Å². The standard InChI is InChI=1S/C23H28FN3O2.ClH/c1-16(18-9-11-25-12-10-18)13-22(28)26-19-7-8-20(24)21(15-19)27-23(29)14-17-5-3-2-4-6-17;/h2-8,15-16,18,25H,9-14H2,1H3,(H,26,28)(H,27,29);1H. The largest absolute Gasteiger partial charge is 0.326 e. The smallest absolute Gasteiger partial charge is 0.228 e. The Morgan fingerprint density at radius 1 is 1.07 bits per heavy atom. The normalized spacial score (nSPS) is 15.0. The summed E-state index contributed by atoms with van der Waals surface area (Å²) in [5.41, 5.74) is 1.39. The number of piperidine rings is 1. The predicted molar refractivity (Wildman–Crippen MR) is 120 cm³/mol. The summed E-state index contributed by atoms with van der Waals surface area (Å²) in [5, 5.41) is 8.76. The average molecular weight is 434 g/mol. The van der Waals surface area contributed by atoms with Crippen molar-refractivity contribution in [2.45, 2.75) is 32.6 Å². The van der Waals surface area contributed by atoms with Crippen LogP contribution in [0.25, 0.3) is 0 Å². The highest BCUT2D eigenvalue weighted by Crippen LogP contribution is 2.25. The molecule has 7 heteroatoms. The average Bonchev–Trinajstić information content (AvgIpc) is 2.72. The summed E-state index contributed by atoms with van der Waals surface area (Å²) in [4.78, 5) is 24.6. The number of halogens is 2. The Kier molecular flexibility index (Phi) is 9.27. The molecule has 0 aromatic heterocycles. The molecule has 30 heavy (non-hydrogen) atoms. The van der Waals surface area contributed by atoms with Crippen molar-refractivity contribution in [1.82, 2.24) is 5.32 Å². The Hall–Kier alpha value is -2.44. The molecule has 1 fully saturated rings. The lowest BCUT2D eigenvalue weighted by molar-refractivity contribution is -0.117. The molecule has 1 atom stereocenters. The van der Waals surface area contributed by atoms with Crippen LogP contribution in [0.3, 0.4) is 0 Å². The first kappa shape index (κ1) is 23.8. The molecule has 0 radical (unpaired) electrons. The molecular formula is C23H29ClFN3O2. The number of hydrogen-bond donors (Lipinski definition) is 3. The number of anilines is 2. The Bertz CT molecular complexity index is 842. The monoisotopic (exact) mass is 433 g/mol. The van der Waals surface area contributed by atoms with E-state index in [4.69, 9.17) is 0 Å². The number of benzene rings is 2. The van der Waals surface area contributed by atoms with Crippen LogP contribution in [0.4, 0.5) is 15.8 Å². The van der Waals surface area contributed by atoms with E-state index >= 15 is 0 Å². The summed E-state index contributed by atoms with van der Waals surface area (Å²) in [6.45, 7) is 4.11. The highest BCUT2D eigenvalue weighted by atomic mass is 35.5. The zero-order valence-corrected chi connectivity index (χ0v) is 17.9. The second kappa shape index (κ2) is 11.7. The fourth-order valence-electron chi connectivity index (χ4n) is 3.76. The van der Waals surface area contributed by atoms with Gasteiger partial charge in [0, 0.05) is 12.1 Å². The lowest BCUT2D eigenvalue weighted by Gasteiger charge is -2.27. The van der Waals surface area contributed by atoms with Crippen molar-refractivity contribution in [3.8, 4) is 0 Å². The number of nitrogens with one attached hydrogen (secondary N) is 3. The van der Waals surface area contributed by atoms with E-state index in [9.17, 15) is 14.0 Å². The molecule has 0 saturated carbocycles. The molecule has 162 valence electrons. The van der Waals surface area contributed by atoms with Crippen LogP contribution in [0.15, 0.2) is 48.5 Å². The van der Waals surface area contributed by atoms with Crippen molar-refractivity contribution in [1.29, 1.82) is 0 Å². The number of rotatable bonds is 7. The maximum Gasteiger partial charge on any atom is 0.228 e. The maximum atomic E-state index is 14.1. The lowest BCUT2D eigenvalue weighted by atomic mass is 9.84. The molecular weight excluding hydrogens is 405 g/mol. The SMILES string of the molecule is CC(CC(=O)Nc1ccc(F)c(NC(=O)Cc2ccccc2)c1)C1CCNCC1.Cl. The molecule has 5 nitrogen and oxygen atoms in total. The summed E-state index contributed by atoms with van der Waals surface area (Å²) in [5.74, 6) is -0.0968. The van der Waals surface area contributed by atoms with E-state index in [0.717, 1.165) is 31.5 Å². The van der Waals surface area contributed by atoms with E-state index in [1.54, 1.807) is 0 Å². The molecule has 0 bridgehead atoms. The van der Waals surface area contributed by atoms with Crippen LogP contribution >= 0.6 is 12.4 Å². The van der Waals surface area contributed by atoms with Crippen molar-refractivity contribution < 1.29 is 14.0 Å². The number of amides is 2. The Balaban J connectivity index is 0.00000320. The van der Waals surface area contributed by atoms with Crippen LogP contribution < -0.4 is 16.0 Å². The van der Waals surface area contributed by atoms with Crippen LogP contribution in [-0.2, 0) is 16.0 Å². The van der Waals surface area contributed by atoms with Crippen LogP contribution in [0.1, 0.15) is 31.7 Å². The van der Waals surface area contributed by atoms with Gasteiger partial charge in [0.2, 0.25) is 11.8 Å². The van der Waals surface area contributed by atoms with Gasteiger partial charge in [-0.1, -0.05) is 37.3 Å². The molecule has 2 aromatic carbocycles. The Morgan fingerprint density at radius 3 is 2.47 bits per heavy atom. The maximum absolute atomic E-state index is 14.1. The predicted octanol–water partition coefficient (Wildman–Crippen LogP) is 4.39. The molecule has 3 rings (SSSR count). The molecule has 1 unspecified atom stereocenters. The van der Waals surface area contributed by atoms with Gasteiger partial charge in [0.05, 0.1) is 12.1 Å². The van der Waals surface area contributed by atoms with Crippen molar-refractivity contribution >= 4 is 35.6 Å². The molecule has 1 aliphatic heterocycles. The van der Waals surface area contributed by atoms with Crippen molar-refractivity contribution in [3.05, 3.63) is 59.9 Å². The fraction of sp³-hybridized carbons (Fsp3) is 0.391. The van der Waals surface area contributed by atoms with Crippen LogP contribution in [0.5, 0.6) is 0 Å². The van der Waals surface area contributed by atoms with Gasteiger partial charge in [0.15, 0.2) is 0 Å². The van der Waals surface area contributed by atoms with Crippen molar-refractivity contribution in [2.24, 2.45) is 11.8 Å². The number of carbonyl (C=O) groups is 2. The van der Waals surface area contributed by atoms with Crippen LogP contribution in [-0.4, -0.2) is 24.9 Å². The van der Waals surface area contributed by atoms with Gasteiger partial charge in [-0.25, -0.2) is 4.39 Å². The third kappa shape index (κ3) is 7.11. The number of carbonyl (C=O) groups excluding carboxylic acids is 2. The Morgan fingerprint density at radius 2 is 1.77 bits per heavy atom. The van der Waals surface area contributed by atoms with Gasteiger partial charge >= 0.3 is 0 Å². The quantitative estimate of drug-likeness (QED) is 0.606. The van der Waals surface area contributed by atoms with Crippen LogP contribution in [0, 0.1) is 17.7 Å². The lowest BCUT2D eigenvalue weighted by Crippen LogP contribution is -2.32. The van der Waals surface area contributed by atoms with E-state index in [-0.39, 0.29) is 36.3 Å². The molecule has 3 N–H and O–H groups in total. The van der Waals surface area contributed by atoms with Gasteiger partial charge in [0.25, 0.3) is 0 Å². The third-order valence-corrected chi connectivity index (χ3v) is 5.43. The molecule has 1 saturated heterocycles. The molecule has 2 amide bonds. The highest BCUT2D eigenvalue weighted by Gasteiger charge is 2.22. The number of hydrogen-bond acceptors (Lipinski definition) is 3. The highest BCUT2D eigenvalue weighted by molar-refractivity contribution is 5.95.